The fourth-order valence-corrected chi connectivity index (χ4v) is 2.02. The van der Waals surface area contributed by atoms with E-state index >= 15 is 0 Å². The minimum atomic E-state index is -3.59. The Labute approximate surface area is 117 Å². The summed E-state index contributed by atoms with van der Waals surface area (Å²) < 4.78 is 11.1. The largest absolute Gasteiger partial charge is 0.382 e. The molecule has 3 unspecified atom stereocenters. The van der Waals surface area contributed by atoms with Gasteiger partial charge in [-0.3, -0.25) is 9.88 Å². The van der Waals surface area contributed by atoms with Crippen molar-refractivity contribution >= 4 is 13.3 Å². The molecule has 0 spiro atoms. The fraction of sp³-hybridized carbons (Fsp3) is 0.417. The van der Waals surface area contributed by atoms with Gasteiger partial charge in [0.2, 0.25) is 7.37 Å². The van der Waals surface area contributed by atoms with Crippen molar-refractivity contribution in [3.8, 4) is 0 Å². The molecule has 0 saturated carbocycles. The predicted molar refractivity (Wildman–Crippen MR) is 72.9 cm³/mol. The summed E-state index contributed by atoms with van der Waals surface area (Å²) in [4.78, 5) is 21.0. The lowest BCUT2D eigenvalue weighted by molar-refractivity contribution is -1.02. The number of hydrogen-bond donors (Lipinski definition) is 5. The summed E-state index contributed by atoms with van der Waals surface area (Å²) in [5.74, 6) is -1.93. The summed E-state index contributed by atoms with van der Waals surface area (Å²) in [6.45, 7) is 2.44. The molecule has 0 saturated heterocycles. The van der Waals surface area contributed by atoms with E-state index in [2.05, 4.69) is 5.32 Å². The SMILES string of the molecule is Cc1ccccc1C(=O)[NH+](O)CNCC(O)P(C)(=O)O. The van der Waals surface area contributed by atoms with Crippen LogP contribution in [-0.2, 0) is 4.57 Å². The molecule has 0 bridgehead atoms. The highest BCUT2D eigenvalue weighted by Crippen LogP contribution is 2.39. The van der Waals surface area contributed by atoms with Crippen molar-refractivity contribution in [3.05, 3.63) is 35.4 Å². The van der Waals surface area contributed by atoms with E-state index in [1.54, 1.807) is 31.2 Å². The van der Waals surface area contributed by atoms with Gasteiger partial charge in [0.05, 0.1) is 5.56 Å². The van der Waals surface area contributed by atoms with E-state index in [0.29, 0.717) is 5.56 Å². The zero-order valence-corrected chi connectivity index (χ0v) is 12.3. The molecule has 1 aromatic carbocycles. The number of carbonyl (C=O) groups excluding carboxylic acids is 1. The lowest BCUT2D eigenvalue weighted by Gasteiger charge is -2.15. The maximum atomic E-state index is 11.9. The number of quaternary nitrogens is 1. The average molecular weight is 303 g/mol. The van der Waals surface area contributed by atoms with Gasteiger partial charge < -0.3 is 10.00 Å². The summed E-state index contributed by atoms with van der Waals surface area (Å²) in [5, 5.41) is 21.2. The number of nitrogens with one attached hydrogen (secondary N) is 2. The van der Waals surface area contributed by atoms with Crippen LogP contribution in [0.5, 0.6) is 0 Å². The van der Waals surface area contributed by atoms with E-state index in [-0.39, 0.29) is 13.2 Å². The molecule has 112 valence electrons. The molecule has 7 nitrogen and oxygen atoms in total. The van der Waals surface area contributed by atoms with E-state index in [4.69, 9.17) is 4.89 Å². The van der Waals surface area contributed by atoms with Gasteiger partial charge in [-0.1, -0.05) is 18.2 Å². The summed E-state index contributed by atoms with van der Waals surface area (Å²) in [5.41, 5.74) is 1.15. The van der Waals surface area contributed by atoms with Gasteiger partial charge in [0.15, 0.2) is 6.67 Å². The van der Waals surface area contributed by atoms with E-state index in [1.165, 1.54) is 0 Å². The molecule has 5 N–H and O–H groups in total. The van der Waals surface area contributed by atoms with Crippen LogP contribution in [0, 0.1) is 6.92 Å². The molecule has 0 aromatic heterocycles. The average Bonchev–Trinajstić information content (AvgIpc) is 2.37. The molecule has 1 amide bonds. The van der Waals surface area contributed by atoms with Gasteiger partial charge in [0, 0.05) is 13.2 Å². The first kappa shape index (κ1) is 17.0. The van der Waals surface area contributed by atoms with Crippen LogP contribution in [0.3, 0.4) is 0 Å². The fourth-order valence-electron chi connectivity index (χ4n) is 1.55. The highest BCUT2D eigenvalue weighted by atomic mass is 31.2. The third-order valence-electron chi connectivity index (χ3n) is 2.82. The van der Waals surface area contributed by atoms with Gasteiger partial charge in [0.1, 0.15) is 5.85 Å². The van der Waals surface area contributed by atoms with Gasteiger partial charge in [-0.25, -0.2) is 10.0 Å². The van der Waals surface area contributed by atoms with E-state index in [9.17, 15) is 19.7 Å². The molecule has 1 aromatic rings. The number of hydrogen-bond acceptors (Lipinski definition) is 5. The summed E-state index contributed by atoms with van der Waals surface area (Å²) in [6.07, 6.45) is 0. The smallest absolute Gasteiger partial charge is 0.377 e. The van der Waals surface area contributed by atoms with E-state index < -0.39 is 24.2 Å². The minimum Gasteiger partial charge on any atom is -0.382 e. The third-order valence-corrected chi connectivity index (χ3v) is 4.11. The normalized spacial score (nSPS) is 17.2. The Morgan fingerprint density at radius 3 is 2.60 bits per heavy atom. The molecule has 0 aliphatic heterocycles. The van der Waals surface area contributed by atoms with Crippen LogP contribution >= 0.6 is 7.37 Å². The standard InChI is InChI=1S/C12H19N2O5P/c1-9-5-3-4-6-10(9)12(16)14(17)8-13-7-11(15)20(2,18)19/h3-6,11,13,15,17H,7-8H2,1-2H3,(H,18,19)/p+1. The van der Waals surface area contributed by atoms with Crippen LogP contribution in [-0.4, -0.2) is 46.8 Å². The number of amides is 1. The van der Waals surface area contributed by atoms with Crippen LogP contribution in [0.4, 0.5) is 0 Å². The second kappa shape index (κ2) is 7.08. The first-order valence-electron chi connectivity index (χ1n) is 6.07. The number of benzene rings is 1. The molecule has 0 heterocycles. The molecule has 8 heteroatoms. The van der Waals surface area contributed by atoms with Crippen molar-refractivity contribution in [2.75, 3.05) is 19.9 Å². The van der Waals surface area contributed by atoms with Crippen molar-refractivity contribution in [2.24, 2.45) is 0 Å². The zero-order chi connectivity index (χ0) is 15.3. The van der Waals surface area contributed by atoms with Crippen molar-refractivity contribution in [1.29, 1.82) is 0 Å². The second-order valence-electron chi connectivity index (χ2n) is 4.65. The number of carbonyl (C=O) groups is 1. The number of rotatable bonds is 6. The van der Waals surface area contributed by atoms with Crippen molar-refractivity contribution in [1.82, 2.24) is 5.32 Å². The Kier molecular flexibility index (Phi) is 6.01. The number of aryl methyl sites for hydroxylation is 1. The first-order chi connectivity index (χ1) is 9.23. The maximum absolute atomic E-state index is 11.9. The highest BCUT2D eigenvalue weighted by molar-refractivity contribution is 7.57. The van der Waals surface area contributed by atoms with E-state index in [0.717, 1.165) is 12.2 Å². The van der Waals surface area contributed by atoms with Gasteiger partial charge in [-0.05, 0) is 18.6 Å². The van der Waals surface area contributed by atoms with Gasteiger partial charge in [0.25, 0.3) is 0 Å². The lowest BCUT2D eigenvalue weighted by atomic mass is 10.1. The van der Waals surface area contributed by atoms with Gasteiger partial charge in [-0.2, -0.15) is 0 Å². The van der Waals surface area contributed by atoms with Crippen LogP contribution in [0.2, 0.25) is 0 Å². The summed E-state index contributed by atoms with van der Waals surface area (Å²) in [7, 11) is -3.59. The molecule has 0 radical (unpaired) electrons. The van der Waals surface area contributed by atoms with Crippen molar-refractivity contribution < 1.29 is 29.6 Å². The summed E-state index contributed by atoms with van der Waals surface area (Å²) >= 11 is 0. The first-order valence-corrected chi connectivity index (χ1v) is 8.25. The van der Waals surface area contributed by atoms with Gasteiger partial charge >= 0.3 is 5.91 Å². The molecule has 20 heavy (non-hydrogen) atoms. The van der Waals surface area contributed by atoms with Gasteiger partial charge in [-0.15, -0.1) is 5.06 Å². The van der Waals surface area contributed by atoms with Crippen LogP contribution in [0.15, 0.2) is 24.3 Å². The lowest BCUT2D eigenvalue weighted by Crippen LogP contribution is -3.14. The monoisotopic (exact) mass is 303 g/mol. The minimum absolute atomic E-state index is 0.176. The quantitative estimate of drug-likeness (QED) is 0.203. The predicted octanol–water partition coefficient (Wildman–Crippen LogP) is -0.825. The van der Waals surface area contributed by atoms with E-state index in [1.807, 2.05) is 0 Å². The molecule has 0 aliphatic rings. The number of hydroxylamine groups is 2. The molecule has 0 fully saturated rings. The number of aliphatic hydroxyl groups excluding tert-OH is 1. The molecule has 3 atom stereocenters. The number of aliphatic hydroxyl groups is 1. The summed E-state index contributed by atoms with van der Waals surface area (Å²) in [6, 6.07) is 6.86. The topological polar surface area (TPSA) is 111 Å². The van der Waals surface area contributed by atoms with Crippen LogP contribution < -0.4 is 10.4 Å². The molecular formula is C12H20N2O5P+. The Hall–Kier alpha value is -1.08. The Morgan fingerprint density at radius 2 is 2.05 bits per heavy atom. The molecule has 1 rings (SSSR count). The molecule has 0 aliphatic carbocycles. The Bertz CT molecular complexity index is 516. The van der Waals surface area contributed by atoms with Crippen LogP contribution in [0.1, 0.15) is 15.9 Å². The maximum Gasteiger partial charge on any atom is 0.377 e. The van der Waals surface area contributed by atoms with Crippen molar-refractivity contribution in [2.45, 2.75) is 12.8 Å². The van der Waals surface area contributed by atoms with Crippen molar-refractivity contribution in [3.63, 3.8) is 0 Å². The highest BCUT2D eigenvalue weighted by Gasteiger charge is 2.25. The zero-order valence-electron chi connectivity index (χ0n) is 11.4. The molecular weight excluding hydrogens is 283 g/mol. The second-order valence-corrected chi connectivity index (χ2v) is 7.13. The Balaban J connectivity index is 2.52. The Morgan fingerprint density at radius 1 is 1.45 bits per heavy atom. The van der Waals surface area contributed by atoms with Crippen LogP contribution in [0.25, 0.3) is 0 Å². The third kappa shape index (κ3) is 4.79.